The van der Waals surface area contributed by atoms with Crippen LogP contribution in [0.25, 0.3) is 0 Å². The quantitative estimate of drug-likeness (QED) is 0.767. The Balaban J connectivity index is 1.79. The first-order chi connectivity index (χ1) is 9.95. The lowest BCUT2D eigenvalue weighted by molar-refractivity contribution is -0.141. The monoisotopic (exact) mass is 419 g/mol. The van der Waals surface area contributed by atoms with E-state index in [0.717, 1.165) is 8.95 Å². The van der Waals surface area contributed by atoms with Gasteiger partial charge >= 0.3 is 5.97 Å². The topological polar surface area (TPSA) is 75.6 Å². The van der Waals surface area contributed by atoms with E-state index < -0.39 is 5.97 Å². The van der Waals surface area contributed by atoms with Crippen LogP contribution in [0.1, 0.15) is 19.3 Å². The maximum Gasteiger partial charge on any atom is 0.306 e. The molecule has 0 unspecified atom stereocenters. The molecule has 1 aliphatic carbocycles. The molecule has 0 saturated heterocycles. The molecular weight excluding hydrogens is 406 g/mol. The fourth-order valence-corrected chi connectivity index (χ4v) is 3.50. The molecule has 2 atom stereocenters. The highest BCUT2D eigenvalue weighted by Gasteiger charge is 2.30. The highest BCUT2D eigenvalue weighted by molar-refractivity contribution is 9.11. The van der Waals surface area contributed by atoms with Crippen molar-refractivity contribution in [3.05, 3.63) is 27.1 Å². The summed E-state index contributed by atoms with van der Waals surface area (Å²) in [6.45, 7) is -0.0888. The standard InChI is InChI=1S/C14H15Br2NO4/c15-9-2-4-12(11(16)6-9)21-7-13(18)17-10-3-1-8(5-10)14(19)20/h2,4,6,8,10H,1,3,5,7H2,(H,17,18)(H,19,20)/t8-,10+/m1/s1. The number of amides is 1. The molecule has 0 bridgehead atoms. The third-order valence-corrected chi connectivity index (χ3v) is 4.51. The van der Waals surface area contributed by atoms with Gasteiger partial charge in [-0.15, -0.1) is 0 Å². The average Bonchev–Trinajstić information content (AvgIpc) is 2.86. The third kappa shape index (κ3) is 4.71. The van der Waals surface area contributed by atoms with Crippen molar-refractivity contribution in [1.29, 1.82) is 0 Å². The van der Waals surface area contributed by atoms with Crippen molar-refractivity contribution in [3.63, 3.8) is 0 Å². The van der Waals surface area contributed by atoms with Gasteiger partial charge in [0.2, 0.25) is 0 Å². The molecule has 2 N–H and O–H groups in total. The summed E-state index contributed by atoms with van der Waals surface area (Å²) >= 11 is 6.70. The molecule has 5 nitrogen and oxygen atoms in total. The van der Waals surface area contributed by atoms with Gasteiger partial charge in [-0.05, 0) is 53.4 Å². The Morgan fingerprint density at radius 2 is 2.10 bits per heavy atom. The molecule has 0 aromatic heterocycles. The number of benzene rings is 1. The van der Waals surface area contributed by atoms with Crippen LogP contribution in [0.4, 0.5) is 0 Å². The van der Waals surface area contributed by atoms with Crippen molar-refractivity contribution in [2.24, 2.45) is 5.92 Å². The first kappa shape index (κ1) is 16.3. The summed E-state index contributed by atoms with van der Waals surface area (Å²) in [6.07, 6.45) is 1.80. The van der Waals surface area contributed by atoms with E-state index in [9.17, 15) is 9.59 Å². The van der Waals surface area contributed by atoms with Crippen molar-refractivity contribution < 1.29 is 19.4 Å². The van der Waals surface area contributed by atoms with Crippen LogP contribution in [-0.4, -0.2) is 29.6 Å². The Hall–Kier alpha value is -1.08. The SMILES string of the molecule is O=C(COc1ccc(Br)cc1Br)N[C@H]1CC[C@@H](C(=O)O)C1. The van der Waals surface area contributed by atoms with Crippen LogP contribution in [-0.2, 0) is 9.59 Å². The number of halogens is 2. The number of hydrogen-bond acceptors (Lipinski definition) is 3. The molecule has 1 amide bonds. The van der Waals surface area contributed by atoms with E-state index in [1.54, 1.807) is 6.07 Å². The molecule has 0 spiro atoms. The molecular formula is C14H15Br2NO4. The average molecular weight is 421 g/mol. The Bertz CT molecular complexity index is 550. The molecule has 1 aromatic carbocycles. The second-order valence-corrected chi connectivity index (χ2v) is 6.75. The van der Waals surface area contributed by atoms with E-state index in [1.807, 2.05) is 12.1 Å². The summed E-state index contributed by atoms with van der Waals surface area (Å²) in [5.41, 5.74) is 0. The predicted octanol–water partition coefficient (Wildman–Crippen LogP) is 2.96. The largest absolute Gasteiger partial charge is 0.483 e. The number of ether oxygens (including phenoxy) is 1. The van der Waals surface area contributed by atoms with Crippen molar-refractivity contribution in [2.45, 2.75) is 25.3 Å². The molecule has 7 heteroatoms. The lowest BCUT2D eigenvalue weighted by Gasteiger charge is -2.13. The minimum absolute atomic E-state index is 0.0736. The van der Waals surface area contributed by atoms with E-state index >= 15 is 0 Å². The van der Waals surface area contributed by atoms with Crippen molar-refractivity contribution >= 4 is 43.7 Å². The van der Waals surface area contributed by atoms with Gasteiger partial charge in [0.05, 0.1) is 10.4 Å². The van der Waals surface area contributed by atoms with Gasteiger partial charge in [0.15, 0.2) is 6.61 Å². The van der Waals surface area contributed by atoms with Gasteiger partial charge in [0, 0.05) is 10.5 Å². The number of nitrogens with one attached hydrogen (secondary N) is 1. The number of carboxylic acids is 1. The van der Waals surface area contributed by atoms with Crippen LogP contribution in [0.15, 0.2) is 27.1 Å². The van der Waals surface area contributed by atoms with Crippen LogP contribution < -0.4 is 10.1 Å². The molecule has 0 heterocycles. The highest BCUT2D eigenvalue weighted by Crippen LogP contribution is 2.28. The van der Waals surface area contributed by atoms with Crippen molar-refractivity contribution in [2.75, 3.05) is 6.61 Å². The zero-order valence-corrected chi connectivity index (χ0v) is 14.3. The number of hydrogen-bond donors (Lipinski definition) is 2. The van der Waals surface area contributed by atoms with Gasteiger partial charge in [-0.2, -0.15) is 0 Å². The zero-order chi connectivity index (χ0) is 15.4. The molecule has 0 radical (unpaired) electrons. The van der Waals surface area contributed by atoms with Crippen LogP contribution in [0.2, 0.25) is 0 Å². The first-order valence-corrected chi connectivity index (χ1v) is 8.14. The number of carbonyl (C=O) groups excluding carboxylic acids is 1. The summed E-state index contributed by atoms with van der Waals surface area (Å²) in [5.74, 6) is -0.789. The Labute approximate surface area is 139 Å². The fraction of sp³-hybridized carbons (Fsp3) is 0.429. The van der Waals surface area contributed by atoms with Crippen molar-refractivity contribution in [1.82, 2.24) is 5.32 Å². The van der Waals surface area contributed by atoms with Crippen LogP contribution in [0, 0.1) is 5.92 Å². The van der Waals surface area contributed by atoms with Crippen LogP contribution >= 0.6 is 31.9 Å². The molecule has 1 fully saturated rings. The smallest absolute Gasteiger partial charge is 0.306 e. The summed E-state index contributed by atoms with van der Waals surface area (Å²) in [6, 6.07) is 5.35. The number of rotatable bonds is 5. The second kappa shape index (κ2) is 7.26. The fourth-order valence-electron chi connectivity index (χ4n) is 2.34. The van der Waals surface area contributed by atoms with Gasteiger partial charge in [0.25, 0.3) is 5.91 Å². The minimum atomic E-state index is -0.790. The molecule has 1 aromatic rings. The lowest BCUT2D eigenvalue weighted by Crippen LogP contribution is -2.36. The molecule has 1 saturated carbocycles. The Morgan fingerprint density at radius 3 is 2.71 bits per heavy atom. The predicted molar refractivity (Wildman–Crippen MR) is 84.2 cm³/mol. The summed E-state index contributed by atoms with van der Waals surface area (Å²) < 4.78 is 7.12. The van der Waals surface area contributed by atoms with Gasteiger partial charge in [-0.3, -0.25) is 9.59 Å². The van der Waals surface area contributed by atoms with Crippen molar-refractivity contribution in [3.8, 4) is 5.75 Å². The van der Waals surface area contributed by atoms with Gasteiger partial charge in [0.1, 0.15) is 5.75 Å². The zero-order valence-electron chi connectivity index (χ0n) is 11.1. The minimum Gasteiger partial charge on any atom is -0.483 e. The second-order valence-electron chi connectivity index (χ2n) is 4.98. The van der Waals surface area contributed by atoms with E-state index in [4.69, 9.17) is 9.84 Å². The van der Waals surface area contributed by atoms with Crippen LogP contribution in [0.3, 0.4) is 0 Å². The van der Waals surface area contributed by atoms with E-state index in [1.165, 1.54) is 0 Å². The van der Waals surface area contributed by atoms with E-state index in [2.05, 4.69) is 37.2 Å². The van der Waals surface area contributed by atoms with Gasteiger partial charge in [-0.1, -0.05) is 15.9 Å². The summed E-state index contributed by atoms with van der Waals surface area (Å²) in [5, 5.41) is 11.7. The number of carbonyl (C=O) groups is 2. The first-order valence-electron chi connectivity index (χ1n) is 6.55. The lowest BCUT2D eigenvalue weighted by atomic mass is 10.1. The maximum absolute atomic E-state index is 11.8. The van der Waals surface area contributed by atoms with Gasteiger partial charge in [-0.25, -0.2) is 0 Å². The molecule has 1 aliphatic rings. The normalized spacial score (nSPS) is 21.0. The van der Waals surface area contributed by atoms with Gasteiger partial charge < -0.3 is 15.2 Å². The number of aliphatic carboxylic acids is 1. The Morgan fingerprint density at radius 1 is 1.33 bits per heavy atom. The summed E-state index contributed by atoms with van der Waals surface area (Å²) in [4.78, 5) is 22.7. The highest BCUT2D eigenvalue weighted by atomic mass is 79.9. The maximum atomic E-state index is 11.8. The molecule has 21 heavy (non-hydrogen) atoms. The van der Waals surface area contributed by atoms with E-state index in [-0.39, 0.29) is 24.5 Å². The molecule has 114 valence electrons. The third-order valence-electron chi connectivity index (χ3n) is 3.40. The Kier molecular flexibility index (Phi) is 5.64. The van der Waals surface area contributed by atoms with E-state index in [0.29, 0.717) is 25.0 Å². The molecule has 2 rings (SSSR count). The molecule has 0 aliphatic heterocycles. The summed E-state index contributed by atoms with van der Waals surface area (Å²) in [7, 11) is 0. The number of carboxylic acid groups (broad SMARTS) is 1. The van der Waals surface area contributed by atoms with Crippen LogP contribution in [0.5, 0.6) is 5.75 Å².